The average molecular weight is 513 g/mol. The highest BCUT2D eigenvalue weighted by Crippen LogP contribution is 2.21. The first kappa shape index (κ1) is 24.6. The summed E-state index contributed by atoms with van der Waals surface area (Å²) >= 11 is 12.3. The van der Waals surface area contributed by atoms with Gasteiger partial charge in [-0.25, -0.2) is 9.78 Å². The number of nitrogens with zero attached hydrogens (tertiary/aromatic N) is 4. The highest BCUT2D eigenvalue weighted by atomic mass is 35.5. The van der Waals surface area contributed by atoms with E-state index in [1.807, 2.05) is 13.8 Å². The molecule has 35 heavy (non-hydrogen) atoms. The summed E-state index contributed by atoms with van der Waals surface area (Å²) in [4.78, 5) is 48.5. The fraction of sp³-hybridized carbons (Fsp3) is 0.240. The lowest BCUT2D eigenvalue weighted by Crippen LogP contribution is -2.33. The van der Waals surface area contributed by atoms with E-state index < -0.39 is 11.9 Å². The van der Waals surface area contributed by atoms with Crippen LogP contribution in [0, 0.1) is 5.92 Å². The Labute approximate surface area is 210 Å². The number of hydrogen-bond acceptors (Lipinski definition) is 5. The Morgan fingerprint density at radius 2 is 1.89 bits per heavy atom. The normalized spacial score (nSPS) is 12.0. The molecule has 0 saturated heterocycles. The number of halogens is 2. The van der Waals surface area contributed by atoms with Gasteiger partial charge in [0, 0.05) is 17.8 Å². The summed E-state index contributed by atoms with van der Waals surface area (Å²) in [6, 6.07) is 11.0. The molecule has 1 aromatic carbocycles. The minimum Gasteiger partial charge on any atom is -0.462 e. The maximum Gasteiger partial charge on any atom is 0.341 e. The molecule has 3 heterocycles. The van der Waals surface area contributed by atoms with Crippen molar-refractivity contribution in [3.05, 3.63) is 85.7 Å². The van der Waals surface area contributed by atoms with Crippen molar-refractivity contribution in [2.24, 2.45) is 10.9 Å². The quantitative estimate of drug-likeness (QED) is 0.289. The van der Waals surface area contributed by atoms with Crippen LogP contribution >= 0.6 is 23.2 Å². The molecule has 1 amide bonds. The number of hydrogen-bond donors (Lipinski definition) is 0. The van der Waals surface area contributed by atoms with Crippen molar-refractivity contribution in [2.45, 2.75) is 27.3 Å². The van der Waals surface area contributed by atoms with Gasteiger partial charge in [0.1, 0.15) is 16.9 Å². The molecule has 180 valence electrons. The maximum absolute atomic E-state index is 13.3. The van der Waals surface area contributed by atoms with Gasteiger partial charge in [-0.05, 0) is 49.2 Å². The number of carbonyl (C=O) groups is 2. The number of aromatic nitrogens is 3. The third-order valence-corrected chi connectivity index (χ3v) is 5.76. The molecule has 0 radical (unpaired) electrons. The second-order valence-electron chi connectivity index (χ2n) is 8.23. The van der Waals surface area contributed by atoms with Crippen molar-refractivity contribution in [3.63, 3.8) is 0 Å². The number of amides is 1. The van der Waals surface area contributed by atoms with Crippen LogP contribution in [0.1, 0.15) is 41.5 Å². The van der Waals surface area contributed by atoms with Crippen molar-refractivity contribution < 1.29 is 14.3 Å². The van der Waals surface area contributed by atoms with Gasteiger partial charge < -0.3 is 9.30 Å². The molecule has 10 heteroatoms. The van der Waals surface area contributed by atoms with E-state index in [0.717, 1.165) is 0 Å². The van der Waals surface area contributed by atoms with Crippen LogP contribution in [0.3, 0.4) is 0 Å². The van der Waals surface area contributed by atoms with Gasteiger partial charge in [0.2, 0.25) is 0 Å². The largest absolute Gasteiger partial charge is 0.462 e. The third-order valence-electron chi connectivity index (χ3n) is 5.20. The predicted molar refractivity (Wildman–Crippen MR) is 134 cm³/mol. The van der Waals surface area contributed by atoms with Gasteiger partial charge in [-0.3, -0.25) is 14.0 Å². The molecule has 0 N–H and O–H groups in total. The van der Waals surface area contributed by atoms with E-state index in [-0.39, 0.29) is 45.1 Å². The Morgan fingerprint density at radius 3 is 2.60 bits per heavy atom. The summed E-state index contributed by atoms with van der Waals surface area (Å²) in [5.41, 5.74) is 0.438. The van der Waals surface area contributed by atoms with Crippen LogP contribution in [0.5, 0.6) is 0 Å². The number of rotatable bonds is 5. The highest BCUT2D eigenvalue weighted by molar-refractivity contribution is 6.35. The summed E-state index contributed by atoms with van der Waals surface area (Å²) < 4.78 is 8.24. The molecule has 0 fully saturated rings. The standard InChI is InChI=1S/C25H22Cl2N4O4/c1-4-35-25(34)18-12-17-21(28-20-7-5-6-10-30(20)24(17)33)31(13-14(2)3)22(18)29-23(32)16-11-15(26)8-9-19(16)27/h5-12,14H,4,13H2,1-3H3. The number of benzene rings is 1. The van der Waals surface area contributed by atoms with Gasteiger partial charge in [-0.15, -0.1) is 0 Å². The molecular weight excluding hydrogens is 491 g/mol. The number of ether oxygens (including phenoxy) is 1. The first-order valence-electron chi connectivity index (χ1n) is 11.0. The van der Waals surface area contributed by atoms with Crippen molar-refractivity contribution in [1.82, 2.24) is 14.0 Å². The van der Waals surface area contributed by atoms with Gasteiger partial charge in [-0.2, -0.15) is 4.99 Å². The predicted octanol–water partition coefficient (Wildman–Crippen LogP) is 4.53. The van der Waals surface area contributed by atoms with Crippen molar-refractivity contribution in [1.29, 1.82) is 0 Å². The summed E-state index contributed by atoms with van der Waals surface area (Å²) in [5, 5.41) is 0.678. The lowest BCUT2D eigenvalue weighted by molar-refractivity contribution is 0.0523. The minimum atomic E-state index is -0.715. The van der Waals surface area contributed by atoms with E-state index in [1.54, 1.807) is 42.0 Å². The molecule has 0 bridgehead atoms. The number of pyridine rings is 2. The Morgan fingerprint density at radius 1 is 1.11 bits per heavy atom. The molecule has 0 spiro atoms. The van der Waals surface area contributed by atoms with Crippen molar-refractivity contribution in [2.75, 3.05) is 6.61 Å². The summed E-state index contributed by atoms with van der Waals surface area (Å²) in [6.07, 6.45) is 1.60. The van der Waals surface area contributed by atoms with Crippen LogP contribution in [-0.4, -0.2) is 32.4 Å². The Balaban J connectivity index is 2.15. The molecule has 0 aliphatic rings. The summed E-state index contributed by atoms with van der Waals surface area (Å²) in [6.45, 7) is 6.02. The van der Waals surface area contributed by atoms with E-state index in [9.17, 15) is 14.4 Å². The second-order valence-corrected chi connectivity index (χ2v) is 9.07. The zero-order valence-corrected chi connectivity index (χ0v) is 20.8. The summed E-state index contributed by atoms with van der Waals surface area (Å²) in [7, 11) is 0. The van der Waals surface area contributed by atoms with Gasteiger partial charge in [0.15, 0.2) is 5.49 Å². The molecule has 0 aliphatic heterocycles. The van der Waals surface area contributed by atoms with Gasteiger partial charge in [-0.1, -0.05) is 43.1 Å². The Hall–Kier alpha value is -3.49. The monoisotopic (exact) mass is 512 g/mol. The molecule has 0 aliphatic carbocycles. The third kappa shape index (κ3) is 4.85. The molecule has 3 aromatic heterocycles. The summed E-state index contributed by atoms with van der Waals surface area (Å²) in [5.74, 6) is -1.35. The Kier molecular flexibility index (Phi) is 7.05. The lowest BCUT2D eigenvalue weighted by atomic mass is 10.1. The maximum atomic E-state index is 13.3. The Bertz CT molecular complexity index is 1610. The van der Waals surface area contributed by atoms with Crippen LogP contribution in [0.4, 0.5) is 0 Å². The SMILES string of the molecule is CCOC(=O)c1cc2c(=O)n3ccccc3nc2n(CC(C)C)c1=NC(=O)c1cc(Cl)ccc1Cl. The van der Waals surface area contributed by atoms with Gasteiger partial charge in [0.25, 0.3) is 11.5 Å². The highest BCUT2D eigenvalue weighted by Gasteiger charge is 2.21. The zero-order chi connectivity index (χ0) is 25.3. The molecule has 0 atom stereocenters. The van der Waals surface area contributed by atoms with Crippen LogP contribution in [0.15, 0.2) is 58.4 Å². The van der Waals surface area contributed by atoms with Crippen molar-refractivity contribution in [3.8, 4) is 0 Å². The first-order valence-corrected chi connectivity index (χ1v) is 11.7. The van der Waals surface area contributed by atoms with E-state index >= 15 is 0 Å². The van der Waals surface area contributed by atoms with Crippen LogP contribution in [0.25, 0.3) is 16.7 Å². The zero-order valence-electron chi connectivity index (χ0n) is 19.3. The number of carbonyl (C=O) groups excluding carboxylic acids is 2. The van der Waals surface area contributed by atoms with Crippen LogP contribution in [0.2, 0.25) is 10.0 Å². The lowest BCUT2D eigenvalue weighted by Gasteiger charge is -2.16. The number of fused-ring (bicyclic) bond motifs is 2. The molecular formula is C25H22Cl2N4O4. The first-order chi connectivity index (χ1) is 16.7. The molecule has 0 saturated carbocycles. The number of esters is 1. The molecule has 4 aromatic rings. The fourth-order valence-electron chi connectivity index (χ4n) is 3.71. The topological polar surface area (TPSA) is 95.0 Å². The second kappa shape index (κ2) is 10.0. The van der Waals surface area contributed by atoms with Gasteiger partial charge >= 0.3 is 5.97 Å². The molecule has 0 unspecified atom stereocenters. The minimum absolute atomic E-state index is 0.0258. The van der Waals surface area contributed by atoms with Crippen LogP contribution in [-0.2, 0) is 11.3 Å². The van der Waals surface area contributed by atoms with Crippen LogP contribution < -0.4 is 11.0 Å². The molecule has 4 rings (SSSR count). The van der Waals surface area contributed by atoms with Crippen molar-refractivity contribution >= 4 is 51.8 Å². The van der Waals surface area contributed by atoms with E-state index in [0.29, 0.717) is 22.9 Å². The van der Waals surface area contributed by atoms with Gasteiger partial charge in [0.05, 0.1) is 22.6 Å². The fourth-order valence-corrected chi connectivity index (χ4v) is 4.08. The molecule has 8 nitrogen and oxygen atoms in total. The van der Waals surface area contributed by atoms with E-state index in [4.69, 9.17) is 27.9 Å². The van der Waals surface area contributed by atoms with E-state index in [1.165, 1.54) is 22.6 Å². The van der Waals surface area contributed by atoms with E-state index in [2.05, 4.69) is 9.98 Å². The average Bonchev–Trinajstić information content (AvgIpc) is 2.82. The smallest absolute Gasteiger partial charge is 0.341 e.